The van der Waals surface area contributed by atoms with Crippen molar-refractivity contribution in [2.75, 3.05) is 23.0 Å². The van der Waals surface area contributed by atoms with Gasteiger partial charge in [0.25, 0.3) is 15.6 Å². The number of hydrogen-bond acceptors (Lipinski definition) is 8. The van der Waals surface area contributed by atoms with Gasteiger partial charge in [-0.05, 0) is 85.6 Å². The van der Waals surface area contributed by atoms with Gasteiger partial charge in [0.1, 0.15) is 5.75 Å². The van der Waals surface area contributed by atoms with E-state index in [1.165, 1.54) is 5.56 Å². The fourth-order valence-electron chi connectivity index (χ4n) is 5.55. The number of anilines is 1. The number of aromatic nitrogens is 1. The molecule has 46 heavy (non-hydrogen) atoms. The molecule has 1 unspecified atom stereocenters. The second kappa shape index (κ2) is 15.8. The van der Waals surface area contributed by atoms with Gasteiger partial charge in [-0.2, -0.15) is 13.0 Å². The smallest absolute Gasteiger partial charge is 0.748 e. The maximum absolute atomic E-state index is 11.8. The van der Waals surface area contributed by atoms with Crippen LogP contribution >= 0.6 is 11.8 Å². The minimum Gasteiger partial charge on any atom is -0.748 e. The third-order valence-electron chi connectivity index (χ3n) is 8.17. The Balaban J connectivity index is 0.00000480. The number of oxazole rings is 1. The summed E-state index contributed by atoms with van der Waals surface area (Å²) in [4.78, 5) is 3.32. The van der Waals surface area contributed by atoms with Crippen molar-refractivity contribution in [2.45, 2.75) is 57.9 Å². The van der Waals surface area contributed by atoms with Crippen molar-refractivity contribution in [1.82, 2.24) is 0 Å². The second-order valence-corrected chi connectivity index (χ2v) is 15.6. The summed E-state index contributed by atoms with van der Waals surface area (Å²) in [5.74, 6) is -0.184. The fourth-order valence-corrected chi connectivity index (χ4v) is 7.81. The Morgan fingerprint density at radius 2 is 1.70 bits per heavy atom. The Morgan fingerprint density at radius 1 is 0.978 bits per heavy atom. The Bertz CT molecular complexity index is 1940. The van der Waals surface area contributed by atoms with Gasteiger partial charge in [0.05, 0.1) is 27.3 Å². The van der Waals surface area contributed by atoms with E-state index in [1.54, 1.807) is 11.8 Å². The van der Waals surface area contributed by atoms with Crippen molar-refractivity contribution in [3.63, 3.8) is 0 Å². The number of allylic oxidation sites excluding steroid dienone is 1. The van der Waals surface area contributed by atoms with Crippen molar-refractivity contribution in [2.24, 2.45) is 5.92 Å². The van der Waals surface area contributed by atoms with E-state index in [0.29, 0.717) is 30.9 Å². The fraction of sp³-hybridized carbons (Fsp3) is 0.364. The normalized spacial score (nSPS) is 14.9. The molecule has 240 valence electrons. The van der Waals surface area contributed by atoms with Gasteiger partial charge in [0, 0.05) is 23.3 Å². The number of benzene rings is 3. The molecule has 0 spiro atoms. The molecule has 3 aromatic carbocycles. The molecule has 0 saturated heterocycles. The SMILES string of the molecule is CCC(/C=C1/Sc2cc(C)c(C)cc2N1CCCCS(=O)(=O)[O-])Cc1oc2ccc(-c3ccccc3)cc2[n+]1CCS(=O)(=O)O.[K+]. The van der Waals surface area contributed by atoms with Gasteiger partial charge >= 0.3 is 57.3 Å². The molecule has 5 rings (SSSR count). The monoisotopic (exact) mass is 709 g/mol. The number of fused-ring (bicyclic) bond motifs is 2. The van der Waals surface area contributed by atoms with E-state index in [0.717, 1.165) is 44.2 Å². The summed E-state index contributed by atoms with van der Waals surface area (Å²) in [6.45, 7) is 6.84. The molecule has 4 aromatic rings. The van der Waals surface area contributed by atoms with E-state index in [9.17, 15) is 25.9 Å². The molecule has 0 bridgehead atoms. The van der Waals surface area contributed by atoms with Crippen molar-refractivity contribution in [3.05, 3.63) is 88.8 Å². The average Bonchev–Trinajstić information content (AvgIpc) is 3.49. The molecule has 0 aliphatic carbocycles. The van der Waals surface area contributed by atoms with Crippen molar-refractivity contribution >= 4 is 48.8 Å². The van der Waals surface area contributed by atoms with Gasteiger partial charge in [-0.1, -0.05) is 55.1 Å². The zero-order valence-electron chi connectivity index (χ0n) is 26.6. The Labute approximate surface area is 318 Å². The minimum atomic E-state index is -4.27. The maximum Gasteiger partial charge on any atom is 1.00 e. The Hall–Kier alpha value is -1.52. The number of hydrogen-bond donors (Lipinski definition) is 1. The van der Waals surface area contributed by atoms with Crippen LogP contribution in [-0.2, 0) is 33.2 Å². The quantitative estimate of drug-likeness (QED) is 0.0962. The summed E-state index contributed by atoms with van der Waals surface area (Å²) in [6.07, 6.45) is 4.32. The van der Waals surface area contributed by atoms with Crippen LogP contribution in [0.2, 0.25) is 0 Å². The zero-order valence-corrected chi connectivity index (χ0v) is 32.2. The molecule has 1 aliphatic rings. The molecule has 9 nitrogen and oxygen atoms in total. The molecular formula is C33H38KN2O7S3+. The van der Waals surface area contributed by atoms with E-state index < -0.39 is 26.0 Å². The first-order valence-corrected chi connectivity index (χ1v) is 19.0. The van der Waals surface area contributed by atoms with Crippen LogP contribution in [0, 0.1) is 19.8 Å². The molecule has 0 amide bonds. The van der Waals surface area contributed by atoms with Crippen molar-refractivity contribution in [3.8, 4) is 11.1 Å². The summed E-state index contributed by atoms with van der Waals surface area (Å²) >= 11 is 1.66. The first-order chi connectivity index (χ1) is 21.3. The predicted octanol–water partition coefficient (Wildman–Crippen LogP) is 3.24. The van der Waals surface area contributed by atoms with E-state index in [1.807, 2.05) is 53.1 Å². The van der Waals surface area contributed by atoms with Crippen LogP contribution in [0.25, 0.3) is 22.2 Å². The van der Waals surface area contributed by atoms with Gasteiger partial charge in [0.2, 0.25) is 5.58 Å². The first-order valence-electron chi connectivity index (χ1n) is 15.0. The average molecular weight is 710 g/mol. The maximum atomic E-state index is 11.8. The predicted molar refractivity (Wildman–Crippen MR) is 177 cm³/mol. The standard InChI is InChI=1S/C33H38N2O7S3.K/c1-4-25(21-33-35(14-8-9-16-44(36,37)38)29-18-23(2)24(3)19-31(29)43-33)20-32-34(15-17-45(39,40)41)28-22-27(12-13-30(28)42-32)26-10-6-5-7-11-26;/h5-7,10-13,18-19,21-22,25H,4,8-9,14-17,20H2,1-3H3,(H-,36,37,38,39,40,41);/q;+1/b33-21+;. The molecule has 0 saturated carbocycles. The first kappa shape index (κ1) is 37.3. The largest absolute Gasteiger partial charge is 1.00 e. The van der Waals surface area contributed by atoms with Gasteiger partial charge < -0.3 is 13.9 Å². The third kappa shape index (κ3) is 9.55. The Kier molecular flexibility index (Phi) is 12.8. The van der Waals surface area contributed by atoms with E-state index >= 15 is 0 Å². The molecular weight excluding hydrogens is 672 g/mol. The minimum absolute atomic E-state index is 0. The summed E-state index contributed by atoms with van der Waals surface area (Å²) in [7, 11) is -8.47. The van der Waals surface area contributed by atoms with Crippen LogP contribution in [0.3, 0.4) is 0 Å². The van der Waals surface area contributed by atoms with Gasteiger partial charge in [-0.3, -0.25) is 4.55 Å². The molecule has 2 heterocycles. The van der Waals surface area contributed by atoms with E-state index in [2.05, 4.69) is 43.9 Å². The summed E-state index contributed by atoms with van der Waals surface area (Å²) in [6, 6.07) is 20.1. The molecule has 1 aromatic heterocycles. The van der Waals surface area contributed by atoms with E-state index in [-0.39, 0.29) is 76.0 Å². The zero-order chi connectivity index (χ0) is 32.4. The van der Waals surface area contributed by atoms with Crippen LogP contribution in [0.1, 0.15) is 43.2 Å². The van der Waals surface area contributed by atoms with Gasteiger partial charge in [-0.15, -0.1) is 0 Å². The number of nitrogens with zero attached hydrogens (tertiary/aromatic N) is 2. The number of thioether (sulfide) groups is 1. The van der Waals surface area contributed by atoms with Crippen LogP contribution in [0.15, 0.2) is 81.1 Å². The van der Waals surface area contributed by atoms with Crippen LogP contribution in [0.4, 0.5) is 5.69 Å². The molecule has 0 radical (unpaired) electrons. The third-order valence-corrected chi connectivity index (χ3v) is 10.8. The van der Waals surface area contributed by atoms with Crippen LogP contribution in [-0.4, -0.2) is 44.0 Å². The summed E-state index contributed by atoms with van der Waals surface area (Å²) in [5, 5.41) is 1.03. The van der Waals surface area contributed by atoms with E-state index in [4.69, 9.17) is 4.42 Å². The molecule has 1 N–H and O–H groups in total. The molecule has 1 atom stereocenters. The number of rotatable bonds is 13. The van der Waals surface area contributed by atoms with Crippen molar-refractivity contribution in [1.29, 1.82) is 0 Å². The summed E-state index contributed by atoms with van der Waals surface area (Å²) in [5.41, 5.74) is 6.78. The topological polar surface area (TPSA) is 132 Å². The number of aryl methyl sites for hydroxylation is 3. The van der Waals surface area contributed by atoms with Crippen LogP contribution < -0.4 is 60.9 Å². The van der Waals surface area contributed by atoms with Crippen LogP contribution in [0.5, 0.6) is 0 Å². The molecule has 1 aliphatic heterocycles. The number of unbranched alkanes of at least 4 members (excludes halogenated alkanes) is 1. The molecule has 0 fully saturated rings. The van der Waals surface area contributed by atoms with Gasteiger partial charge in [0.15, 0.2) is 6.54 Å². The molecule has 13 heteroatoms. The Morgan fingerprint density at radius 3 is 2.37 bits per heavy atom. The van der Waals surface area contributed by atoms with Crippen molar-refractivity contribution < 1.29 is 86.3 Å². The second-order valence-electron chi connectivity index (χ2n) is 11.5. The summed E-state index contributed by atoms with van der Waals surface area (Å²) < 4.78 is 74.8. The van der Waals surface area contributed by atoms with Gasteiger partial charge in [-0.25, -0.2) is 8.42 Å².